The molecule has 1 amide bonds. The third-order valence-corrected chi connectivity index (χ3v) is 7.50. The summed E-state index contributed by atoms with van der Waals surface area (Å²) in [6.45, 7) is 3.32. The monoisotopic (exact) mass is 440 g/mol. The van der Waals surface area contributed by atoms with Gasteiger partial charge in [-0.15, -0.1) is 0 Å². The van der Waals surface area contributed by atoms with Crippen molar-refractivity contribution in [3.05, 3.63) is 63.6 Å². The minimum atomic E-state index is -3.66. The molecule has 0 bridgehead atoms. The number of nitrogens with zero attached hydrogens (tertiary/aromatic N) is 2. The van der Waals surface area contributed by atoms with Gasteiger partial charge in [-0.1, -0.05) is 53.0 Å². The summed E-state index contributed by atoms with van der Waals surface area (Å²) in [5.41, 5.74) is 2.31. The lowest BCUT2D eigenvalue weighted by Crippen LogP contribution is -2.50. The van der Waals surface area contributed by atoms with Crippen molar-refractivity contribution in [1.82, 2.24) is 9.21 Å². The van der Waals surface area contributed by atoms with Crippen LogP contribution in [-0.2, 0) is 21.2 Å². The Kier molecular flexibility index (Phi) is 6.65. The van der Waals surface area contributed by atoms with Crippen LogP contribution >= 0.6 is 23.2 Å². The summed E-state index contributed by atoms with van der Waals surface area (Å²) in [6, 6.07) is 12.4. The average Bonchev–Trinajstić information content (AvgIpc) is 2.69. The first-order chi connectivity index (χ1) is 13.3. The molecule has 0 aromatic heterocycles. The third kappa shape index (κ3) is 4.87. The SMILES string of the molecule is Cc1ccc(CCC(=O)N2CCN(S(=O)(=O)c3ccc(Cl)c(Cl)c3)CC2)cc1. The molecular weight excluding hydrogens is 419 g/mol. The second-order valence-electron chi connectivity index (χ2n) is 6.85. The Balaban J connectivity index is 1.56. The van der Waals surface area contributed by atoms with Gasteiger partial charge in [-0.2, -0.15) is 4.31 Å². The number of carbonyl (C=O) groups is 1. The topological polar surface area (TPSA) is 57.7 Å². The molecule has 0 radical (unpaired) electrons. The normalized spacial score (nSPS) is 15.6. The molecule has 0 N–H and O–H groups in total. The third-order valence-electron chi connectivity index (χ3n) is 4.87. The number of benzene rings is 2. The van der Waals surface area contributed by atoms with Gasteiger partial charge < -0.3 is 4.90 Å². The van der Waals surface area contributed by atoms with Gasteiger partial charge in [0.2, 0.25) is 15.9 Å². The van der Waals surface area contributed by atoms with E-state index in [1.165, 1.54) is 28.1 Å². The van der Waals surface area contributed by atoms with Gasteiger partial charge in [-0.3, -0.25) is 4.79 Å². The Bertz CT molecular complexity index is 954. The van der Waals surface area contributed by atoms with Crippen LogP contribution < -0.4 is 0 Å². The fourth-order valence-electron chi connectivity index (χ4n) is 3.13. The van der Waals surface area contributed by atoms with E-state index in [0.717, 1.165) is 5.56 Å². The van der Waals surface area contributed by atoms with E-state index in [1.54, 1.807) is 4.90 Å². The Morgan fingerprint density at radius 3 is 2.21 bits per heavy atom. The standard InChI is InChI=1S/C20H22Cl2N2O3S/c1-15-2-4-16(5-3-15)6-9-20(25)23-10-12-24(13-11-23)28(26,27)17-7-8-18(21)19(22)14-17/h2-5,7-8,14H,6,9-13H2,1H3. The van der Waals surface area contributed by atoms with E-state index in [9.17, 15) is 13.2 Å². The van der Waals surface area contributed by atoms with Gasteiger partial charge in [-0.25, -0.2) is 8.42 Å². The van der Waals surface area contributed by atoms with E-state index in [2.05, 4.69) is 0 Å². The number of carbonyl (C=O) groups excluding carboxylic acids is 1. The Hall–Kier alpha value is -1.60. The smallest absolute Gasteiger partial charge is 0.243 e. The molecule has 1 heterocycles. The predicted molar refractivity (Wildman–Crippen MR) is 111 cm³/mol. The maximum atomic E-state index is 12.8. The zero-order chi connectivity index (χ0) is 20.3. The van der Waals surface area contributed by atoms with Crippen LogP contribution in [0.5, 0.6) is 0 Å². The van der Waals surface area contributed by atoms with E-state index in [4.69, 9.17) is 23.2 Å². The van der Waals surface area contributed by atoms with Crippen molar-refractivity contribution in [3.8, 4) is 0 Å². The molecule has 1 aliphatic rings. The van der Waals surface area contributed by atoms with E-state index < -0.39 is 10.0 Å². The molecule has 1 saturated heterocycles. The van der Waals surface area contributed by atoms with Crippen LogP contribution in [0.15, 0.2) is 47.4 Å². The summed E-state index contributed by atoms with van der Waals surface area (Å²) in [7, 11) is -3.66. The second kappa shape index (κ2) is 8.82. The number of piperazine rings is 1. The van der Waals surface area contributed by atoms with E-state index in [0.29, 0.717) is 31.0 Å². The first-order valence-corrected chi connectivity index (χ1v) is 11.3. The number of halogens is 2. The maximum Gasteiger partial charge on any atom is 0.243 e. The fourth-order valence-corrected chi connectivity index (χ4v) is 4.94. The highest BCUT2D eigenvalue weighted by Gasteiger charge is 2.30. The van der Waals surface area contributed by atoms with E-state index in [-0.39, 0.29) is 28.9 Å². The van der Waals surface area contributed by atoms with Gasteiger partial charge >= 0.3 is 0 Å². The molecule has 28 heavy (non-hydrogen) atoms. The molecule has 2 aromatic carbocycles. The molecule has 1 fully saturated rings. The van der Waals surface area contributed by atoms with Crippen molar-refractivity contribution >= 4 is 39.1 Å². The van der Waals surface area contributed by atoms with Crippen molar-refractivity contribution in [3.63, 3.8) is 0 Å². The molecule has 0 saturated carbocycles. The quantitative estimate of drug-likeness (QED) is 0.710. The number of aryl methyl sites for hydroxylation is 2. The highest BCUT2D eigenvalue weighted by molar-refractivity contribution is 7.89. The minimum absolute atomic E-state index is 0.0483. The number of hydrogen-bond donors (Lipinski definition) is 0. The maximum absolute atomic E-state index is 12.8. The Morgan fingerprint density at radius 1 is 0.964 bits per heavy atom. The van der Waals surface area contributed by atoms with Crippen LogP contribution in [-0.4, -0.2) is 49.7 Å². The van der Waals surface area contributed by atoms with Gasteiger partial charge in [0.05, 0.1) is 14.9 Å². The number of amides is 1. The largest absolute Gasteiger partial charge is 0.340 e. The minimum Gasteiger partial charge on any atom is -0.340 e. The number of sulfonamides is 1. The lowest BCUT2D eigenvalue weighted by atomic mass is 10.1. The molecule has 0 atom stereocenters. The first kappa shape index (κ1) is 21.1. The average molecular weight is 441 g/mol. The van der Waals surface area contributed by atoms with Crippen molar-refractivity contribution in [2.45, 2.75) is 24.7 Å². The van der Waals surface area contributed by atoms with Crippen LogP contribution in [0.3, 0.4) is 0 Å². The Labute approximate surface area is 175 Å². The molecule has 1 aliphatic heterocycles. The van der Waals surface area contributed by atoms with Gasteiger partial charge in [0.1, 0.15) is 0 Å². The van der Waals surface area contributed by atoms with Gasteiger partial charge in [0.15, 0.2) is 0 Å². The van der Waals surface area contributed by atoms with E-state index >= 15 is 0 Å². The molecule has 5 nitrogen and oxygen atoms in total. The summed E-state index contributed by atoms with van der Waals surface area (Å²) in [5.74, 6) is 0.0483. The Morgan fingerprint density at radius 2 is 1.61 bits per heavy atom. The van der Waals surface area contributed by atoms with Gasteiger partial charge in [0.25, 0.3) is 0 Å². The summed E-state index contributed by atoms with van der Waals surface area (Å²) >= 11 is 11.8. The second-order valence-corrected chi connectivity index (χ2v) is 9.60. The zero-order valence-corrected chi connectivity index (χ0v) is 17.9. The molecule has 150 valence electrons. The molecule has 0 aliphatic carbocycles. The molecule has 3 rings (SSSR count). The summed E-state index contributed by atoms with van der Waals surface area (Å²) in [4.78, 5) is 14.3. The lowest BCUT2D eigenvalue weighted by Gasteiger charge is -2.34. The van der Waals surface area contributed by atoms with Crippen LogP contribution in [0, 0.1) is 6.92 Å². The van der Waals surface area contributed by atoms with Crippen LogP contribution in [0.25, 0.3) is 0 Å². The molecule has 8 heteroatoms. The molecule has 0 unspecified atom stereocenters. The van der Waals surface area contributed by atoms with Crippen molar-refractivity contribution < 1.29 is 13.2 Å². The molecule has 0 spiro atoms. The van der Waals surface area contributed by atoms with Crippen LogP contribution in [0.2, 0.25) is 10.0 Å². The zero-order valence-electron chi connectivity index (χ0n) is 15.6. The first-order valence-electron chi connectivity index (χ1n) is 9.06. The van der Waals surface area contributed by atoms with Crippen molar-refractivity contribution in [1.29, 1.82) is 0 Å². The highest BCUT2D eigenvalue weighted by Crippen LogP contribution is 2.27. The summed E-state index contributed by atoms with van der Waals surface area (Å²) < 4.78 is 27.0. The molecule has 2 aromatic rings. The van der Waals surface area contributed by atoms with Crippen LogP contribution in [0.4, 0.5) is 0 Å². The van der Waals surface area contributed by atoms with Crippen molar-refractivity contribution in [2.75, 3.05) is 26.2 Å². The number of hydrogen-bond acceptors (Lipinski definition) is 3. The number of rotatable bonds is 5. The van der Waals surface area contributed by atoms with Gasteiger partial charge in [0, 0.05) is 32.6 Å². The van der Waals surface area contributed by atoms with Crippen molar-refractivity contribution in [2.24, 2.45) is 0 Å². The molecular formula is C20H22Cl2N2O3S. The fraction of sp³-hybridized carbons (Fsp3) is 0.350. The van der Waals surface area contributed by atoms with E-state index in [1.807, 2.05) is 31.2 Å². The summed E-state index contributed by atoms with van der Waals surface area (Å²) in [6.07, 6.45) is 1.10. The lowest BCUT2D eigenvalue weighted by molar-refractivity contribution is -0.132. The predicted octanol–water partition coefficient (Wildman–Crippen LogP) is 3.77. The van der Waals surface area contributed by atoms with Crippen LogP contribution in [0.1, 0.15) is 17.5 Å². The highest BCUT2D eigenvalue weighted by atomic mass is 35.5. The summed E-state index contributed by atoms with van der Waals surface area (Å²) in [5, 5.41) is 0.511. The van der Waals surface area contributed by atoms with Gasteiger partial charge in [-0.05, 0) is 37.1 Å².